The van der Waals surface area contributed by atoms with Gasteiger partial charge in [0.25, 0.3) is 20.0 Å². The highest BCUT2D eigenvalue weighted by Gasteiger charge is 2.32. The highest BCUT2D eigenvalue weighted by Crippen LogP contribution is 2.27. The van der Waals surface area contributed by atoms with E-state index in [4.69, 9.17) is 14.2 Å². The van der Waals surface area contributed by atoms with E-state index < -0.39 is 38.1 Å². The first-order valence-corrected chi connectivity index (χ1v) is 13.2. The van der Waals surface area contributed by atoms with Crippen LogP contribution in [0, 0.1) is 0 Å². The molecular formula is C22H28N2O9S2. The Balaban J connectivity index is 2.19. The molecule has 0 heterocycles. The molecule has 0 aliphatic rings. The molecule has 0 radical (unpaired) electrons. The number of rotatable bonds is 11. The second kappa shape index (κ2) is 11.6. The van der Waals surface area contributed by atoms with E-state index in [1.54, 1.807) is 0 Å². The van der Waals surface area contributed by atoms with Gasteiger partial charge in [0, 0.05) is 28.0 Å². The Bertz CT molecular complexity index is 1240. The van der Waals surface area contributed by atoms with Gasteiger partial charge >= 0.3 is 0 Å². The maximum atomic E-state index is 13.0. The summed E-state index contributed by atoms with van der Waals surface area (Å²) in [6.45, 7) is 4.06. The maximum absolute atomic E-state index is 13.0. The van der Waals surface area contributed by atoms with E-state index in [1.807, 2.05) is 0 Å². The largest absolute Gasteiger partial charge is 0.457 e. The van der Waals surface area contributed by atoms with Crippen LogP contribution >= 0.6 is 0 Å². The minimum atomic E-state index is -4.20. The molecule has 2 rings (SSSR count). The molecule has 2 aromatic carbocycles. The SMILES string of the molecule is COCCOC(C)N(C(C)=O)S(=O)(=O)c1ccc(Oc2ccc(S(=O)(=O)N(C)C(C)=O)cc2)cc1. The predicted octanol–water partition coefficient (Wildman–Crippen LogP) is 2.19. The van der Waals surface area contributed by atoms with Gasteiger partial charge in [0.05, 0.1) is 23.0 Å². The monoisotopic (exact) mass is 528 g/mol. The summed E-state index contributed by atoms with van der Waals surface area (Å²) in [5.74, 6) is -0.768. The fourth-order valence-corrected chi connectivity index (χ4v) is 5.56. The van der Waals surface area contributed by atoms with E-state index in [0.29, 0.717) is 8.61 Å². The standard InChI is InChI=1S/C22H28N2O9S2/c1-16(25)23(4)34(27,28)21-10-6-19(7-11-21)33-20-8-12-22(13-9-20)35(29,30)24(17(2)26)18(3)32-15-14-31-5/h6-13,18H,14-15H2,1-5H3. The van der Waals surface area contributed by atoms with E-state index in [9.17, 15) is 26.4 Å². The number of carbonyl (C=O) groups excluding carboxylic acids is 2. The number of amides is 2. The Labute approximate surface area is 205 Å². The van der Waals surface area contributed by atoms with Crippen molar-refractivity contribution >= 4 is 31.9 Å². The third-order valence-corrected chi connectivity index (χ3v) is 8.61. The number of nitrogens with zero attached hydrogens (tertiary/aromatic N) is 2. The Morgan fingerprint density at radius 2 is 1.26 bits per heavy atom. The Kier molecular flexibility index (Phi) is 9.38. The van der Waals surface area contributed by atoms with Crippen molar-refractivity contribution in [1.29, 1.82) is 0 Å². The van der Waals surface area contributed by atoms with Gasteiger partial charge in [-0.2, -0.15) is 0 Å². The molecule has 1 atom stereocenters. The molecule has 35 heavy (non-hydrogen) atoms. The molecule has 0 saturated heterocycles. The lowest BCUT2D eigenvalue weighted by Gasteiger charge is -2.27. The summed E-state index contributed by atoms with van der Waals surface area (Å²) in [7, 11) is -5.53. The second-order valence-electron chi connectivity index (χ2n) is 7.32. The van der Waals surface area contributed by atoms with Crippen LogP contribution in [-0.4, -0.2) is 70.9 Å². The van der Waals surface area contributed by atoms with Crippen molar-refractivity contribution in [2.24, 2.45) is 0 Å². The minimum absolute atomic E-state index is 0.0878. The highest BCUT2D eigenvalue weighted by molar-refractivity contribution is 7.90. The molecule has 11 nitrogen and oxygen atoms in total. The topological polar surface area (TPSA) is 137 Å². The van der Waals surface area contributed by atoms with E-state index in [-0.39, 0.29) is 34.5 Å². The summed E-state index contributed by atoms with van der Waals surface area (Å²) >= 11 is 0. The van der Waals surface area contributed by atoms with Crippen molar-refractivity contribution in [2.75, 3.05) is 27.4 Å². The molecule has 0 N–H and O–H groups in total. The quantitative estimate of drug-likeness (QED) is 0.317. The highest BCUT2D eigenvalue weighted by atomic mass is 32.2. The first-order chi connectivity index (χ1) is 16.3. The van der Waals surface area contributed by atoms with Gasteiger partial charge < -0.3 is 14.2 Å². The van der Waals surface area contributed by atoms with Crippen LogP contribution in [0.2, 0.25) is 0 Å². The van der Waals surface area contributed by atoms with Gasteiger partial charge in [-0.25, -0.2) is 25.4 Å². The van der Waals surface area contributed by atoms with Gasteiger partial charge in [-0.3, -0.25) is 9.59 Å². The smallest absolute Gasteiger partial charge is 0.268 e. The zero-order chi connectivity index (χ0) is 26.4. The van der Waals surface area contributed by atoms with Crippen LogP contribution in [0.1, 0.15) is 20.8 Å². The van der Waals surface area contributed by atoms with Crippen LogP contribution in [0.25, 0.3) is 0 Å². The van der Waals surface area contributed by atoms with Crippen LogP contribution in [-0.2, 0) is 39.1 Å². The number of ether oxygens (including phenoxy) is 3. The van der Waals surface area contributed by atoms with E-state index in [0.717, 1.165) is 20.9 Å². The van der Waals surface area contributed by atoms with Gasteiger partial charge in [0.15, 0.2) is 0 Å². The van der Waals surface area contributed by atoms with Crippen LogP contribution in [0.3, 0.4) is 0 Å². The molecule has 0 aliphatic heterocycles. The molecule has 0 aliphatic carbocycles. The van der Waals surface area contributed by atoms with Crippen molar-refractivity contribution in [1.82, 2.24) is 8.61 Å². The lowest BCUT2D eigenvalue weighted by atomic mass is 10.3. The Hall–Kier alpha value is -3.00. The third kappa shape index (κ3) is 6.78. The zero-order valence-corrected chi connectivity index (χ0v) is 21.6. The number of carbonyl (C=O) groups is 2. The summed E-state index contributed by atoms with van der Waals surface area (Å²) in [6, 6.07) is 10.7. The fourth-order valence-electron chi connectivity index (χ4n) is 2.93. The Morgan fingerprint density at radius 3 is 1.66 bits per heavy atom. The molecule has 2 amide bonds. The second-order valence-corrected chi connectivity index (χ2v) is 11.1. The van der Waals surface area contributed by atoms with Gasteiger partial charge in [-0.1, -0.05) is 0 Å². The number of hydrogen-bond acceptors (Lipinski definition) is 9. The summed E-state index contributed by atoms with van der Waals surface area (Å²) in [5.41, 5.74) is 0. The van der Waals surface area contributed by atoms with Gasteiger partial charge in [0.1, 0.15) is 17.7 Å². The average molecular weight is 529 g/mol. The van der Waals surface area contributed by atoms with Gasteiger partial charge in [-0.15, -0.1) is 0 Å². The number of methoxy groups -OCH3 is 1. The molecule has 0 aromatic heterocycles. The molecule has 0 bridgehead atoms. The molecule has 1 unspecified atom stereocenters. The third-order valence-electron chi connectivity index (χ3n) is 4.83. The number of benzene rings is 2. The van der Waals surface area contributed by atoms with E-state index in [1.165, 1.54) is 62.6 Å². The number of hydrogen-bond donors (Lipinski definition) is 0. The minimum Gasteiger partial charge on any atom is -0.457 e. The van der Waals surface area contributed by atoms with Crippen molar-refractivity contribution in [2.45, 2.75) is 36.8 Å². The normalized spacial score (nSPS) is 12.6. The molecule has 13 heteroatoms. The van der Waals surface area contributed by atoms with Crippen molar-refractivity contribution in [3.8, 4) is 11.5 Å². The average Bonchev–Trinajstić information content (AvgIpc) is 2.79. The van der Waals surface area contributed by atoms with Gasteiger partial charge in [-0.05, 0) is 55.5 Å². The summed E-state index contributed by atoms with van der Waals surface area (Å²) in [5, 5.41) is 0. The number of sulfonamides is 2. The lowest BCUT2D eigenvalue weighted by Crippen LogP contribution is -2.43. The first-order valence-electron chi connectivity index (χ1n) is 10.4. The summed E-state index contributed by atoms with van der Waals surface area (Å²) in [6.07, 6.45) is -1.04. The van der Waals surface area contributed by atoms with E-state index >= 15 is 0 Å². The van der Waals surface area contributed by atoms with Crippen LogP contribution in [0.4, 0.5) is 0 Å². The molecule has 0 spiro atoms. The van der Waals surface area contributed by atoms with Crippen LogP contribution < -0.4 is 4.74 Å². The van der Waals surface area contributed by atoms with Crippen LogP contribution in [0.5, 0.6) is 11.5 Å². The summed E-state index contributed by atoms with van der Waals surface area (Å²) in [4.78, 5) is 23.2. The molecule has 0 fully saturated rings. The zero-order valence-electron chi connectivity index (χ0n) is 20.0. The lowest BCUT2D eigenvalue weighted by molar-refractivity contribution is -0.133. The fraction of sp³-hybridized carbons (Fsp3) is 0.364. The van der Waals surface area contributed by atoms with Gasteiger partial charge in [0.2, 0.25) is 11.8 Å². The van der Waals surface area contributed by atoms with E-state index in [2.05, 4.69) is 0 Å². The van der Waals surface area contributed by atoms with Crippen molar-refractivity contribution < 1.29 is 40.6 Å². The molecule has 2 aromatic rings. The van der Waals surface area contributed by atoms with Crippen molar-refractivity contribution in [3.05, 3.63) is 48.5 Å². The first kappa shape index (κ1) is 28.2. The summed E-state index contributed by atoms with van der Waals surface area (Å²) < 4.78 is 68.0. The molecule has 0 saturated carbocycles. The predicted molar refractivity (Wildman–Crippen MR) is 126 cm³/mol. The molecule has 192 valence electrons. The maximum Gasteiger partial charge on any atom is 0.268 e. The molecular weight excluding hydrogens is 500 g/mol. The van der Waals surface area contributed by atoms with Crippen LogP contribution in [0.15, 0.2) is 58.3 Å². The van der Waals surface area contributed by atoms with Crippen molar-refractivity contribution in [3.63, 3.8) is 0 Å². The Morgan fingerprint density at radius 1 is 0.800 bits per heavy atom.